The van der Waals surface area contributed by atoms with Gasteiger partial charge in [0.2, 0.25) is 5.91 Å². The van der Waals surface area contributed by atoms with Crippen molar-refractivity contribution in [1.82, 2.24) is 19.7 Å². The predicted molar refractivity (Wildman–Crippen MR) is 103 cm³/mol. The third-order valence-electron chi connectivity index (χ3n) is 7.24. The second-order valence-electron chi connectivity index (χ2n) is 9.10. The van der Waals surface area contributed by atoms with Crippen molar-refractivity contribution in [2.24, 2.45) is 11.3 Å². The maximum absolute atomic E-state index is 13.2. The van der Waals surface area contributed by atoms with Gasteiger partial charge in [-0.3, -0.25) is 14.5 Å². The van der Waals surface area contributed by atoms with E-state index < -0.39 is 0 Å². The zero-order chi connectivity index (χ0) is 18.8. The van der Waals surface area contributed by atoms with Crippen molar-refractivity contribution in [2.45, 2.75) is 65.0 Å². The summed E-state index contributed by atoms with van der Waals surface area (Å²) in [4.78, 5) is 19.5. The largest absolute Gasteiger partial charge is 0.334 e. The number of aryl methyl sites for hydroxylation is 1. The highest BCUT2D eigenvalue weighted by molar-refractivity contribution is 5.77. The van der Waals surface area contributed by atoms with Crippen molar-refractivity contribution in [1.29, 1.82) is 0 Å². The Morgan fingerprint density at radius 1 is 1.33 bits per heavy atom. The Bertz CT molecular complexity index is 885. The number of likely N-dealkylation sites (tertiary alicyclic amines) is 1. The van der Waals surface area contributed by atoms with Crippen LogP contribution in [0.2, 0.25) is 0 Å². The molecule has 2 aromatic rings. The number of hydrogen-bond donors (Lipinski definition) is 0. The molecule has 3 atom stereocenters. The van der Waals surface area contributed by atoms with Crippen LogP contribution in [0.4, 0.5) is 0 Å². The highest BCUT2D eigenvalue weighted by Gasteiger charge is 2.63. The number of carbonyl (C=O) groups excluding carboxylic acids is 1. The number of rotatable bonds is 3. The normalized spacial score (nSPS) is 28.0. The molecule has 0 aromatic carbocycles. The Morgan fingerprint density at radius 3 is 2.96 bits per heavy atom. The summed E-state index contributed by atoms with van der Waals surface area (Å²) in [6, 6.07) is 4.20. The van der Waals surface area contributed by atoms with E-state index in [9.17, 15) is 4.79 Å². The van der Waals surface area contributed by atoms with Gasteiger partial charge in [0.15, 0.2) is 0 Å². The van der Waals surface area contributed by atoms with Gasteiger partial charge in [0.1, 0.15) is 6.54 Å². The lowest BCUT2D eigenvalue weighted by Gasteiger charge is -2.36. The lowest BCUT2D eigenvalue weighted by atomic mass is 9.96. The van der Waals surface area contributed by atoms with Crippen LogP contribution >= 0.6 is 0 Å². The second kappa shape index (κ2) is 5.91. The Balaban J connectivity index is 1.38. The fourth-order valence-corrected chi connectivity index (χ4v) is 5.67. The van der Waals surface area contributed by atoms with Crippen molar-refractivity contribution >= 4 is 5.91 Å². The summed E-state index contributed by atoms with van der Waals surface area (Å²) in [5, 5.41) is 4.76. The first-order chi connectivity index (χ1) is 13.0. The molecule has 3 unspecified atom stereocenters. The molecule has 0 radical (unpaired) electrons. The van der Waals surface area contributed by atoms with Gasteiger partial charge in [-0.2, -0.15) is 5.10 Å². The van der Waals surface area contributed by atoms with Crippen LogP contribution in [0.1, 0.15) is 67.6 Å². The smallest absolute Gasteiger partial charge is 0.244 e. The number of amides is 1. The zero-order valence-corrected chi connectivity index (χ0v) is 16.5. The van der Waals surface area contributed by atoms with Crippen LogP contribution in [-0.2, 0) is 17.8 Å². The van der Waals surface area contributed by atoms with E-state index in [1.165, 1.54) is 11.3 Å². The van der Waals surface area contributed by atoms with Crippen molar-refractivity contribution < 1.29 is 4.79 Å². The fourth-order valence-electron chi connectivity index (χ4n) is 5.67. The average Bonchev–Trinajstić information content (AvgIpc) is 3.00. The third kappa shape index (κ3) is 2.54. The number of carbonyl (C=O) groups is 1. The Hall–Kier alpha value is -2.17. The molecule has 1 amide bonds. The van der Waals surface area contributed by atoms with Gasteiger partial charge in [-0.25, -0.2) is 0 Å². The molecule has 1 aliphatic heterocycles. The van der Waals surface area contributed by atoms with Gasteiger partial charge in [-0.1, -0.05) is 19.9 Å². The van der Waals surface area contributed by atoms with E-state index in [0.29, 0.717) is 17.9 Å². The van der Waals surface area contributed by atoms with Gasteiger partial charge >= 0.3 is 0 Å². The molecule has 2 aliphatic carbocycles. The number of pyridine rings is 1. The molecule has 5 nitrogen and oxygen atoms in total. The average molecular weight is 364 g/mol. The Kier molecular flexibility index (Phi) is 3.72. The summed E-state index contributed by atoms with van der Waals surface area (Å²) in [5.74, 6) is 1.58. The first-order valence-electron chi connectivity index (χ1n) is 10.2. The summed E-state index contributed by atoms with van der Waals surface area (Å²) in [7, 11) is 0. The first-order valence-corrected chi connectivity index (χ1v) is 10.2. The van der Waals surface area contributed by atoms with Crippen molar-refractivity contribution in [3.63, 3.8) is 0 Å². The van der Waals surface area contributed by atoms with Crippen LogP contribution in [-0.4, -0.2) is 32.1 Å². The van der Waals surface area contributed by atoms with Crippen LogP contribution in [0.3, 0.4) is 0 Å². The van der Waals surface area contributed by atoms with Gasteiger partial charge in [0.25, 0.3) is 0 Å². The van der Waals surface area contributed by atoms with E-state index in [1.54, 1.807) is 6.20 Å². The van der Waals surface area contributed by atoms with Crippen molar-refractivity contribution in [3.05, 3.63) is 47.0 Å². The molecule has 0 spiro atoms. The van der Waals surface area contributed by atoms with E-state index >= 15 is 0 Å². The summed E-state index contributed by atoms with van der Waals surface area (Å²) in [6.45, 7) is 8.03. The molecular formula is C22H28N4O. The highest BCUT2D eigenvalue weighted by atomic mass is 16.2. The Morgan fingerprint density at radius 2 is 2.19 bits per heavy atom. The highest BCUT2D eigenvalue weighted by Crippen LogP contribution is 2.70. The van der Waals surface area contributed by atoms with E-state index in [2.05, 4.69) is 36.7 Å². The van der Waals surface area contributed by atoms with Gasteiger partial charge in [-0.15, -0.1) is 0 Å². The maximum Gasteiger partial charge on any atom is 0.244 e. The molecular weight excluding hydrogens is 336 g/mol. The summed E-state index contributed by atoms with van der Waals surface area (Å²) in [5.41, 5.74) is 5.42. The first kappa shape index (κ1) is 17.0. The molecule has 1 saturated carbocycles. The van der Waals surface area contributed by atoms with Gasteiger partial charge in [0, 0.05) is 30.2 Å². The molecule has 5 rings (SSSR count). The molecule has 5 heteroatoms. The second-order valence-corrected chi connectivity index (χ2v) is 9.10. The Labute approximate surface area is 160 Å². The molecule has 27 heavy (non-hydrogen) atoms. The summed E-state index contributed by atoms with van der Waals surface area (Å²) in [6.07, 6.45) is 8.04. The van der Waals surface area contributed by atoms with Crippen LogP contribution in [0, 0.1) is 18.3 Å². The fraction of sp³-hybridized carbons (Fsp3) is 0.591. The lowest BCUT2D eigenvalue weighted by Crippen LogP contribution is -2.40. The van der Waals surface area contributed by atoms with E-state index in [4.69, 9.17) is 5.10 Å². The van der Waals surface area contributed by atoms with Crippen LogP contribution in [0.25, 0.3) is 0 Å². The van der Waals surface area contributed by atoms with Gasteiger partial charge < -0.3 is 4.90 Å². The van der Waals surface area contributed by atoms with Crippen molar-refractivity contribution in [3.8, 4) is 0 Å². The number of fused-ring (bicyclic) bond motifs is 3. The topological polar surface area (TPSA) is 51.0 Å². The summed E-state index contributed by atoms with van der Waals surface area (Å²) < 4.78 is 2.00. The number of piperidine rings is 1. The maximum atomic E-state index is 13.2. The van der Waals surface area contributed by atoms with Crippen LogP contribution in [0.15, 0.2) is 24.5 Å². The summed E-state index contributed by atoms with van der Waals surface area (Å²) >= 11 is 0. The van der Waals surface area contributed by atoms with Gasteiger partial charge in [0.05, 0.1) is 11.7 Å². The molecule has 3 heterocycles. The molecule has 0 N–H and O–H groups in total. The number of hydrogen-bond acceptors (Lipinski definition) is 3. The minimum absolute atomic E-state index is 0.150. The minimum atomic E-state index is 0.150. The molecule has 1 saturated heterocycles. The SMILES string of the molecule is Cc1nn(CC(=O)N2CCCCC2c2cccnc2)c2c1C1C(C2)C1(C)C. The number of nitrogens with zero attached hydrogens (tertiary/aromatic N) is 4. The predicted octanol–water partition coefficient (Wildman–Crippen LogP) is 3.64. The molecule has 2 fully saturated rings. The van der Waals surface area contributed by atoms with Crippen LogP contribution in [0.5, 0.6) is 0 Å². The quantitative estimate of drug-likeness (QED) is 0.835. The minimum Gasteiger partial charge on any atom is -0.334 e. The lowest BCUT2D eigenvalue weighted by molar-refractivity contribution is -0.136. The molecule has 142 valence electrons. The van der Waals surface area contributed by atoms with Gasteiger partial charge in [-0.05, 0) is 61.5 Å². The molecule has 3 aliphatic rings. The van der Waals surface area contributed by atoms with E-state index in [1.807, 2.05) is 16.9 Å². The standard InChI is InChI=1S/C22H28N4O/c1-14-20-18(11-16-21(20)22(16,2)3)26(24-14)13-19(27)25-10-5-4-8-17(25)15-7-6-9-23-12-15/h6-7,9,12,16-17,21H,4-5,8,10-11,13H2,1-3H3. The molecule has 0 bridgehead atoms. The van der Waals surface area contributed by atoms with Crippen molar-refractivity contribution in [2.75, 3.05) is 6.54 Å². The third-order valence-corrected chi connectivity index (χ3v) is 7.24. The zero-order valence-electron chi connectivity index (χ0n) is 16.5. The van der Waals surface area contributed by atoms with E-state index in [0.717, 1.165) is 49.4 Å². The monoisotopic (exact) mass is 364 g/mol. The molecule has 2 aromatic heterocycles. The van der Waals surface area contributed by atoms with Crippen LogP contribution < -0.4 is 0 Å². The van der Waals surface area contributed by atoms with E-state index in [-0.39, 0.29) is 11.9 Å². The number of aromatic nitrogens is 3.